The first-order valence-corrected chi connectivity index (χ1v) is 10.6. The van der Waals surface area contributed by atoms with Gasteiger partial charge in [0.2, 0.25) is 0 Å². The van der Waals surface area contributed by atoms with Gasteiger partial charge >= 0.3 is 5.97 Å². The van der Waals surface area contributed by atoms with Crippen molar-refractivity contribution in [2.24, 2.45) is 0 Å². The van der Waals surface area contributed by atoms with Crippen molar-refractivity contribution in [3.63, 3.8) is 0 Å². The summed E-state index contributed by atoms with van der Waals surface area (Å²) in [4.78, 5) is 38.6. The summed E-state index contributed by atoms with van der Waals surface area (Å²) in [6.45, 7) is 8.74. The maximum Gasteiger partial charge on any atom is 0.341 e. The minimum Gasteiger partial charge on any atom is -0.459 e. The van der Waals surface area contributed by atoms with Gasteiger partial charge in [0.05, 0.1) is 16.5 Å². The number of esters is 1. The molecule has 0 spiro atoms. The zero-order valence-electron chi connectivity index (χ0n) is 18.0. The summed E-state index contributed by atoms with van der Waals surface area (Å²) in [5, 5.41) is 5.79. The topological polar surface area (TPSA) is 97.6 Å². The Morgan fingerprint density at radius 3 is 2.29 bits per heavy atom. The second-order valence-corrected chi connectivity index (χ2v) is 8.37. The lowest BCUT2D eigenvalue weighted by molar-refractivity contribution is 0.0379. The second-order valence-electron chi connectivity index (χ2n) is 7.35. The number of para-hydroxylation sites is 1. The van der Waals surface area contributed by atoms with Gasteiger partial charge in [0.15, 0.2) is 5.76 Å². The first-order chi connectivity index (χ1) is 14.7. The van der Waals surface area contributed by atoms with Gasteiger partial charge in [-0.15, -0.1) is 11.3 Å². The van der Waals surface area contributed by atoms with E-state index in [1.165, 1.54) is 0 Å². The molecule has 2 N–H and O–H groups in total. The summed E-state index contributed by atoms with van der Waals surface area (Å²) in [6, 6.07) is 10.6. The molecule has 0 atom stereocenters. The maximum atomic E-state index is 13.0. The van der Waals surface area contributed by atoms with Gasteiger partial charge in [-0.05, 0) is 63.9 Å². The predicted molar refractivity (Wildman–Crippen MR) is 120 cm³/mol. The number of furan rings is 1. The van der Waals surface area contributed by atoms with Crippen LogP contribution in [0.15, 0.2) is 40.8 Å². The smallest absolute Gasteiger partial charge is 0.341 e. The number of aryl methyl sites for hydroxylation is 2. The Morgan fingerprint density at radius 2 is 1.68 bits per heavy atom. The number of hydrogen-bond donors (Lipinski definition) is 2. The third-order valence-electron chi connectivity index (χ3n) is 4.48. The fraction of sp³-hybridized carbons (Fsp3) is 0.261. The molecule has 2 aromatic heterocycles. The number of rotatable bonds is 6. The zero-order chi connectivity index (χ0) is 22.7. The number of carbonyl (C=O) groups excluding carboxylic acids is 3. The molecule has 2 heterocycles. The molecule has 0 aliphatic heterocycles. The summed E-state index contributed by atoms with van der Waals surface area (Å²) in [6.07, 6.45) is -0.354. The first kappa shape index (κ1) is 22.3. The van der Waals surface area contributed by atoms with Crippen molar-refractivity contribution in [1.29, 1.82) is 0 Å². The van der Waals surface area contributed by atoms with Gasteiger partial charge in [0.1, 0.15) is 10.8 Å². The van der Waals surface area contributed by atoms with Gasteiger partial charge in [-0.3, -0.25) is 9.59 Å². The quantitative estimate of drug-likeness (QED) is 0.505. The van der Waals surface area contributed by atoms with Gasteiger partial charge in [0, 0.05) is 5.69 Å². The van der Waals surface area contributed by atoms with Crippen LogP contribution in [-0.2, 0) is 4.74 Å². The minimum atomic E-state index is -0.607. The largest absolute Gasteiger partial charge is 0.459 e. The maximum absolute atomic E-state index is 13.0. The van der Waals surface area contributed by atoms with E-state index in [0.29, 0.717) is 21.9 Å². The van der Waals surface area contributed by atoms with Crippen molar-refractivity contribution in [2.75, 3.05) is 10.6 Å². The molecule has 0 bridgehead atoms. The van der Waals surface area contributed by atoms with Crippen molar-refractivity contribution >= 4 is 39.8 Å². The van der Waals surface area contributed by atoms with Gasteiger partial charge in [-0.2, -0.15) is 0 Å². The number of carbonyl (C=O) groups is 3. The Balaban J connectivity index is 1.96. The molecule has 1 aromatic carbocycles. The minimum absolute atomic E-state index is 0.109. The van der Waals surface area contributed by atoms with E-state index in [9.17, 15) is 14.4 Å². The summed E-state index contributed by atoms with van der Waals surface area (Å²) < 4.78 is 10.7. The van der Waals surface area contributed by atoms with Crippen LogP contribution in [0.1, 0.15) is 61.3 Å². The molecule has 0 radical (unpaired) electrons. The first-order valence-electron chi connectivity index (χ1n) is 9.76. The van der Waals surface area contributed by atoms with E-state index in [4.69, 9.17) is 9.15 Å². The van der Waals surface area contributed by atoms with E-state index in [1.54, 1.807) is 45.9 Å². The molecule has 0 fully saturated rings. The summed E-state index contributed by atoms with van der Waals surface area (Å²) in [5.74, 6) is -0.795. The highest BCUT2D eigenvalue weighted by molar-refractivity contribution is 7.19. The van der Waals surface area contributed by atoms with E-state index in [2.05, 4.69) is 10.6 Å². The molecule has 3 aromatic rings. The number of anilines is 2. The Hall–Kier alpha value is -3.39. The lowest BCUT2D eigenvalue weighted by Crippen LogP contribution is -2.17. The van der Waals surface area contributed by atoms with Crippen LogP contribution in [0.2, 0.25) is 0 Å². The van der Waals surface area contributed by atoms with Crippen molar-refractivity contribution in [3.05, 3.63) is 69.5 Å². The Labute approximate surface area is 184 Å². The van der Waals surface area contributed by atoms with Crippen molar-refractivity contribution in [2.45, 2.75) is 40.7 Å². The monoisotopic (exact) mass is 440 g/mol. The third kappa shape index (κ3) is 5.03. The molecular formula is C23H24N2O5S. The van der Waals surface area contributed by atoms with Crippen LogP contribution in [0.25, 0.3) is 0 Å². The summed E-state index contributed by atoms with van der Waals surface area (Å²) in [5.41, 5.74) is 2.17. The van der Waals surface area contributed by atoms with Crippen LogP contribution < -0.4 is 10.6 Å². The lowest BCUT2D eigenvalue weighted by atomic mass is 10.1. The van der Waals surface area contributed by atoms with Crippen molar-refractivity contribution in [3.8, 4) is 0 Å². The van der Waals surface area contributed by atoms with Gasteiger partial charge in [-0.25, -0.2) is 4.79 Å². The van der Waals surface area contributed by atoms with Crippen LogP contribution >= 0.6 is 11.3 Å². The summed E-state index contributed by atoms with van der Waals surface area (Å²) >= 11 is 1.02. The van der Waals surface area contributed by atoms with Crippen molar-refractivity contribution < 1.29 is 23.5 Å². The highest BCUT2D eigenvalue weighted by Crippen LogP contribution is 2.35. The number of hydrogen-bond acceptors (Lipinski definition) is 6. The van der Waals surface area contributed by atoms with E-state index in [0.717, 1.165) is 16.9 Å². The van der Waals surface area contributed by atoms with Crippen LogP contribution in [0.3, 0.4) is 0 Å². The molecule has 0 saturated carbocycles. The molecule has 3 rings (SSSR count). The Kier molecular flexibility index (Phi) is 6.60. The number of nitrogens with one attached hydrogen (secondary N) is 2. The fourth-order valence-electron chi connectivity index (χ4n) is 2.95. The predicted octanol–water partition coefficient (Wildman–Crippen LogP) is 5.34. The lowest BCUT2D eigenvalue weighted by Gasteiger charge is -2.10. The van der Waals surface area contributed by atoms with E-state index in [1.807, 2.05) is 25.1 Å². The number of ether oxygens (including phenoxy) is 1. The summed E-state index contributed by atoms with van der Waals surface area (Å²) in [7, 11) is 0. The van der Waals surface area contributed by atoms with E-state index < -0.39 is 11.9 Å². The molecule has 162 valence electrons. The van der Waals surface area contributed by atoms with Gasteiger partial charge in [0.25, 0.3) is 11.8 Å². The number of amides is 2. The average Bonchev–Trinajstić information content (AvgIpc) is 3.26. The second kappa shape index (κ2) is 9.18. The number of benzene rings is 1. The third-order valence-corrected chi connectivity index (χ3v) is 5.69. The highest BCUT2D eigenvalue weighted by Gasteiger charge is 2.28. The molecule has 8 heteroatoms. The molecule has 0 aliphatic carbocycles. The molecule has 31 heavy (non-hydrogen) atoms. The Morgan fingerprint density at radius 1 is 0.968 bits per heavy atom. The van der Waals surface area contributed by atoms with Crippen LogP contribution in [0, 0.1) is 20.8 Å². The Bertz CT molecular complexity index is 1140. The molecule has 0 aliphatic rings. The van der Waals surface area contributed by atoms with Crippen molar-refractivity contribution in [1.82, 2.24) is 0 Å². The fourth-order valence-corrected chi connectivity index (χ4v) is 4.04. The van der Waals surface area contributed by atoms with Gasteiger partial charge < -0.3 is 19.8 Å². The van der Waals surface area contributed by atoms with Crippen LogP contribution in [-0.4, -0.2) is 23.9 Å². The molecule has 2 amide bonds. The standard InChI is InChI=1S/C23H24N2O5S/c1-12(2)29-23(28)18-15(5)19(21(27)24-16-9-7-6-8-13(16)3)31-22(18)25-20(26)17-11-10-14(4)30-17/h6-12H,1-5H3,(H,24,27)(H,25,26). The average molecular weight is 441 g/mol. The van der Waals surface area contributed by atoms with Gasteiger partial charge in [-0.1, -0.05) is 18.2 Å². The van der Waals surface area contributed by atoms with Crippen LogP contribution in [0.5, 0.6) is 0 Å². The van der Waals surface area contributed by atoms with E-state index >= 15 is 0 Å². The molecular weight excluding hydrogens is 416 g/mol. The zero-order valence-corrected chi connectivity index (χ0v) is 18.8. The highest BCUT2D eigenvalue weighted by atomic mass is 32.1. The molecule has 0 unspecified atom stereocenters. The number of thiophene rings is 1. The van der Waals surface area contributed by atoms with E-state index in [-0.39, 0.29) is 28.3 Å². The SMILES string of the molecule is Cc1ccc(C(=O)Nc2sc(C(=O)Nc3ccccc3C)c(C)c2C(=O)OC(C)C)o1. The van der Waals surface area contributed by atoms with Crippen LogP contribution in [0.4, 0.5) is 10.7 Å². The normalized spacial score (nSPS) is 10.8. The molecule has 7 nitrogen and oxygen atoms in total. The molecule has 0 saturated heterocycles.